The molecule has 0 bridgehead atoms. The average Bonchev–Trinajstić information content (AvgIpc) is 2.92. The normalized spacial score (nSPS) is 13.2. The monoisotopic (exact) mass is 542 g/mol. The fraction of sp³-hybridized carbons (Fsp3) is 0.364. The van der Waals surface area contributed by atoms with Crippen molar-refractivity contribution >= 4 is 28.5 Å². The van der Waals surface area contributed by atoms with E-state index >= 15 is 0 Å². The second-order valence-corrected chi connectivity index (χ2v) is 11.2. The Kier molecular flexibility index (Phi) is 10.6. The molecule has 7 nitrogen and oxygen atoms in total. The van der Waals surface area contributed by atoms with Gasteiger partial charge in [0, 0.05) is 39.5 Å². The lowest BCUT2D eigenvalue weighted by atomic mass is 9.98. The number of nitrogens with zero attached hydrogens (tertiary/aromatic N) is 2. The highest BCUT2D eigenvalue weighted by Crippen LogP contribution is 2.20. The zero-order valence-corrected chi connectivity index (χ0v) is 24.3. The third kappa shape index (κ3) is 9.06. The predicted octanol–water partition coefficient (Wildman–Crippen LogP) is 4.10. The fourth-order valence-corrected chi connectivity index (χ4v) is 4.62. The molecule has 0 aliphatic rings. The third-order valence-electron chi connectivity index (χ3n) is 7.04. The number of benzene rings is 3. The number of hydrogen-bond acceptors (Lipinski definition) is 4. The summed E-state index contributed by atoms with van der Waals surface area (Å²) in [6.07, 6.45) is 4.70. The van der Waals surface area contributed by atoms with Crippen LogP contribution in [0.4, 0.5) is 0 Å². The van der Waals surface area contributed by atoms with Crippen LogP contribution in [-0.2, 0) is 27.2 Å². The lowest BCUT2D eigenvalue weighted by Crippen LogP contribution is -2.54. The summed E-state index contributed by atoms with van der Waals surface area (Å²) < 4.78 is 0. The van der Waals surface area contributed by atoms with E-state index in [0.29, 0.717) is 25.8 Å². The van der Waals surface area contributed by atoms with Crippen molar-refractivity contribution < 1.29 is 14.4 Å². The van der Waals surface area contributed by atoms with Crippen LogP contribution in [0, 0.1) is 0 Å². The first-order valence-corrected chi connectivity index (χ1v) is 13.7. The van der Waals surface area contributed by atoms with Gasteiger partial charge in [-0.05, 0) is 54.7 Å². The Morgan fingerprint density at radius 3 is 2.17 bits per heavy atom. The number of carbonyl (C=O) groups excluding carboxylic acids is 3. The summed E-state index contributed by atoms with van der Waals surface area (Å²) in [5, 5.41) is 5.06. The third-order valence-corrected chi connectivity index (χ3v) is 7.04. The van der Waals surface area contributed by atoms with Crippen molar-refractivity contribution in [2.24, 2.45) is 5.73 Å². The summed E-state index contributed by atoms with van der Waals surface area (Å²) in [4.78, 5) is 42.3. The molecule has 1 unspecified atom stereocenters. The van der Waals surface area contributed by atoms with Crippen LogP contribution in [0.1, 0.15) is 38.3 Å². The summed E-state index contributed by atoms with van der Waals surface area (Å²) in [6, 6.07) is 23.0. The van der Waals surface area contributed by atoms with Crippen molar-refractivity contribution in [1.82, 2.24) is 15.1 Å². The van der Waals surface area contributed by atoms with E-state index in [9.17, 15) is 14.4 Å². The van der Waals surface area contributed by atoms with Crippen molar-refractivity contribution in [3.8, 4) is 0 Å². The number of amides is 3. The second kappa shape index (κ2) is 13.9. The summed E-state index contributed by atoms with van der Waals surface area (Å²) >= 11 is 0. The maximum Gasteiger partial charge on any atom is 0.246 e. The van der Waals surface area contributed by atoms with Crippen LogP contribution in [-0.4, -0.2) is 65.8 Å². The number of likely N-dealkylation sites (N-methyl/N-ethyl adjacent to an activating group) is 2. The summed E-state index contributed by atoms with van der Waals surface area (Å²) in [7, 11) is 3.41. The SMILES string of the molecule is CC(=O)NCC(Cc1ccccc1)N(C)C(=O)[C@@H](Cc1ccc2ccccc2c1)N(C)C(=O)/C=C/CC(C)(C)N. The molecular formula is C33H42N4O3. The molecule has 0 heterocycles. The largest absolute Gasteiger partial charge is 0.354 e. The van der Waals surface area contributed by atoms with Gasteiger partial charge in [0.2, 0.25) is 17.7 Å². The molecule has 2 atom stereocenters. The Morgan fingerprint density at radius 1 is 0.875 bits per heavy atom. The Bertz CT molecular complexity index is 1330. The second-order valence-electron chi connectivity index (χ2n) is 11.2. The molecule has 0 spiro atoms. The molecule has 0 saturated carbocycles. The van der Waals surface area contributed by atoms with E-state index in [1.54, 1.807) is 25.1 Å². The molecule has 0 fully saturated rings. The predicted molar refractivity (Wildman–Crippen MR) is 162 cm³/mol. The first-order valence-electron chi connectivity index (χ1n) is 13.7. The van der Waals surface area contributed by atoms with Crippen LogP contribution in [0.25, 0.3) is 10.8 Å². The van der Waals surface area contributed by atoms with Gasteiger partial charge in [0.1, 0.15) is 6.04 Å². The van der Waals surface area contributed by atoms with Gasteiger partial charge in [-0.2, -0.15) is 0 Å². The molecular weight excluding hydrogens is 500 g/mol. The Hall–Kier alpha value is -3.97. The Balaban J connectivity index is 1.91. The van der Waals surface area contributed by atoms with E-state index in [1.165, 1.54) is 17.9 Å². The van der Waals surface area contributed by atoms with Crippen LogP contribution in [0.2, 0.25) is 0 Å². The van der Waals surface area contributed by atoms with Gasteiger partial charge in [-0.1, -0.05) is 78.9 Å². The van der Waals surface area contributed by atoms with Crippen molar-refractivity contribution in [2.45, 2.75) is 57.7 Å². The van der Waals surface area contributed by atoms with Crippen LogP contribution in [0.3, 0.4) is 0 Å². The molecule has 0 aromatic heterocycles. The number of nitrogens with one attached hydrogen (secondary N) is 1. The highest BCUT2D eigenvalue weighted by Gasteiger charge is 2.32. The quantitative estimate of drug-likeness (QED) is 0.337. The van der Waals surface area contributed by atoms with E-state index in [1.807, 2.05) is 80.6 Å². The minimum absolute atomic E-state index is 0.160. The van der Waals surface area contributed by atoms with Crippen LogP contribution >= 0.6 is 0 Å². The van der Waals surface area contributed by atoms with E-state index < -0.39 is 11.6 Å². The molecule has 0 saturated heterocycles. The molecule has 212 valence electrons. The fourth-order valence-electron chi connectivity index (χ4n) is 4.62. The highest BCUT2D eigenvalue weighted by atomic mass is 16.2. The number of rotatable bonds is 12. The molecule has 3 amide bonds. The number of carbonyl (C=O) groups is 3. The van der Waals surface area contributed by atoms with Crippen LogP contribution in [0.15, 0.2) is 84.9 Å². The van der Waals surface area contributed by atoms with Crippen molar-refractivity contribution in [3.63, 3.8) is 0 Å². The molecule has 3 aromatic rings. The van der Waals surface area contributed by atoms with E-state index in [2.05, 4.69) is 11.4 Å². The number of nitrogens with two attached hydrogens (primary N) is 1. The number of hydrogen-bond donors (Lipinski definition) is 2. The van der Waals surface area contributed by atoms with Gasteiger partial charge in [0.15, 0.2) is 0 Å². The van der Waals surface area contributed by atoms with E-state index in [4.69, 9.17) is 5.73 Å². The summed E-state index contributed by atoms with van der Waals surface area (Å²) in [5.41, 5.74) is 7.65. The van der Waals surface area contributed by atoms with Gasteiger partial charge in [0.05, 0.1) is 6.04 Å². The lowest BCUT2D eigenvalue weighted by molar-refractivity contribution is -0.143. The van der Waals surface area contributed by atoms with Crippen molar-refractivity contribution in [1.29, 1.82) is 0 Å². The van der Waals surface area contributed by atoms with Crippen molar-refractivity contribution in [3.05, 3.63) is 96.1 Å². The topological polar surface area (TPSA) is 95.7 Å². The van der Waals surface area contributed by atoms with Gasteiger partial charge < -0.3 is 20.9 Å². The standard InChI is InChI=1S/C33H42N4O3/c1-24(38)35-23-29(21-25-12-7-6-8-13-25)36(4)32(40)30(37(5)31(39)16-11-19-33(2,3)34)22-26-17-18-27-14-9-10-15-28(27)20-26/h6-18,20,29-30H,19,21-23,34H2,1-5H3,(H,35,38)/b16-11+/t29?,30-/m1/s1. The Morgan fingerprint density at radius 2 is 1.52 bits per heavy atom. The summed E-state index contributed by atoms with van der Waals surface area (Å²) in [5.74, 6) is -0.618. The molecule has 3 rings (SSSR count). The average molecular weight is 543 g/mol. The van der Waals surface area contributed by atoms with Gasteiger partial charge in [-0.3, -0.25) is 14.4 Å². The zero-order valence-electron chi connectivity index (χ0n) is 24.3. The minimum atomic E-state index is -0.746. The van der Waals surface area contributed by atoms with Crippen LogP contribution < -0.4 is 11.1 Å². The smallest absolute Gasteiger partial charge is 0.246 e. The maximum absolute atomic E-state index is 14.1. The first kappa shape index (κ1) is 30.6. The maximum atomic E-state index is 14.1. The molecule has 0 aliphatic carbocycles. The van der Waals surface area contributed by atoms with Crippen molar-refractivity contribution in [2.75, 3.05) is 20.6 Å². The minimum Gasteiger partial charge on any atom is -0.354 e. The van der Waals surface area contributed by atoms with Crippen LogP contribution in [0.5, 0.6) is 0 Å². The molecule has 0 radical (unpaired) electrons. The molecule has 3 N–H and O–H groups in total. The Labute approximate surface area is 238 Å². The summed E-state index contributed by atoms with van der Waals surface area (Å²) in [6.45, 7) is 5.56. The van der Waals surface area contributed by atoms with Gasteiger partial charge in [-0.15, -0.1) is 0 Å². The number of fused-ring (bicyclic) bond motifs is 1. The lowest BCUT2D eigenvalue weighted by Gasteiger charge is -2.35. The first-order chi connectivity index (χ1) is 18.9. The molecule has 3 aromatic carbocycles. The zero-order chi connectivity index (χ0) is 29.3. The highest BCUT2D eigenvalue weighted by molar-refractivity contribution is 5.93. The molecule has 7 heteroatoms. The van der Waals surface area contributed by atoms with E-state index in [-0.39, 0.29) is 23.8 Å². The van der Waals surface area contributed by atoms with Gasteiger partial charge in [0.25, 0.3) is 0 Å². The van der Waals surface area contributed by atoms with Gasteiger partial charge in [-0.25, -0.2) is 0 Å². The molecule has 40 heavy (non-hydrogen) atoms. The molecule has 0 aliphatic heterocycles. The van der Waals surface area contributed by atoms with E-state index in [0.717, 1.165) is 21.9 Å². The van der Waals surface area contributed by atoms with Gasteiger partial charge >= 0.3 is 0 Å².